The summed E-state index contributed by atoms with van der Waals surface area (Å²) in [6.45, 7) is 4.16. The Morgan fingerprint density at radius 1 is 1.25 bits per heavy atom. The molecule has 0 radical (unpaired) electrons. The van der Waals surface area contributed by atoms with Crippen LogP contribution in [0.3, 0.4) is 0 Å². The van der Waals surface area contributed by atoms with Crippen molar-refractivity contribution in [3.8, 4) is 0 Å². The Morgan fingerprint density at radius 3 is 2.75 bits per heavy atom. The zero-order valence-electron chi connectivity index (χ0n) is 10.4. The molecule has 3 nitrogen and oxygen atoms in total. The fourth-order valence-corrected chi connectivity index (χ4v) is 2.87. The third-order valence-electron chi connectivity index (χ3n) is 3.94. The SMILES string of the molecule is CC[C@@H]1CCC[C@@]2(CC[C@H]([C@@H](O)CC)O2)O1. The first-order valence-corrected chi connectivity index (χ1v) is 6.73. The van der Waals surface area contributed by atoms with Gasteiger partial charge in [0.25, 0.3) is 0 Å². The van der Waals surface area contributed by atoms with E-state index in [9.17, 15) is 5.11 Å². The van der Waals surface area contributed by atoms with Crippen molar-refractivity contribution in [1.29, 1.82) is 0 Å². The lowest BCUT2D eigenvalue weighted by molar-refractivity contribution is -0.277. The van der Waals surface area contributed by atoms with E-state index in [4.69, 9.17) is 9.47 Å². The van der Waals surface area contributed by atoms with Crippen LogP contribution in [-0.4, -0.2) is 29.2 Å². The summed E-state index contributed by atoms with van der Waals surface area (Å²) in [5.74, 6) is -0.361. The molecular weight excluding hydrogens is 204 g/mol. The number of rotatable bonds is 3. The van der Waals surface area contributed by atoms with Crippen molar-refractivity contribution in [1.82, 2.24) is 0 Å². The van der Waals surface area contributed by atoms with Crippen LogP contribution in [0, 0.1) is 0 Å². The van der Waals surface area contributed by atoms with Crippen molar-refractivity contribution in [3.05, 3.63) is 0 Å². The predicted molar refractivity (Wildman–Crippen MR) is 62.2 cm³/mol. The molecule has 2 rings (SSSR count). The third-order valence-corrected chi connectivity index (χ3v) is 3.94. The summed E-state index contributed by atoms with van der Waals surface area (Å²) in [5.41, 5.74) is 0. The second-order valence-corrected chi connectivity index (χ2v) is 5.12. The molecule has 4 atom stereocenters. The van der Waals surface area contributed by atoms with Crippen LogP contribution < -0.4 is 0 Å². The third kappa shape index (κ3) is 2.41. The maximum atomic E-state index is 9.81. The average molecular weight is 228 g/mol. The van der Waals surface area contributed by atoms with Crippen LogP contribution in [0.4, 0.5) is 0 Å². The van der Waals surface area contributed by atoms with Crippen LogP contribution >= 0.6 is 0 Å². The van der Waals surface area contributed by atoms with Gasteiger partial charge in [0, 0.05) is 12.8 Å². The summed E-state index contributed by atoms with van der Waals surface area (Å²) < 4.78 is 12.1. The Balaban J connectivity index is 1.94. The maximum Gasteiger partial charge on any atom is 0.169 e. The molecule has 0 aromatic heterocycles. The Kier molecular flexibility index (Phi) is 3.88. The van der Waals surface area contributed by atoms with E-state index in [1.54, 1.807) is 0 Å². The quantitative estimate of drug-likeness (QED) is 0.807. The molecule has 1 spiro atoms. The van der Waals surface area contributed by atoms with Crippen LogP contribution in [0.1, 0.15) is 58.8 Å². The zero-order valence-corrected chi connectivity index (χ0v) is 10.4. The average Bonchev–Trinajstić information content (AvgIpc) is 2.72. The lowest BCUT2D eigenvalue weighted by Crippen LogP contribution is -2.41. The van der Waals surface area contributed by atoms with Crippen LogP contribution in [0.2, 0.25) is 0 Å². The van der Waals surface area contributed by atoms with Gasteiger partial charge in [-0.25, -0.2) is 0 Å². The summed E-state index contributed by atoms with van der Waals surface area (Å²) in [5, 5.41) is 9.81. The zero-order chi connectivity index (χ0) is 11.6. The van der Waals surface area contributed by atoms with Crippen LogP contribution in [0.5, 0.6) is 0 Å². The standard InChI is InChI=1S/C13H24O3/c1-3-10-6-5-8-13(15-10)9-7-12(16-13)11(14)4-2/h10-12,14H,3-9H2,1-2H3/t10-,11+,12-,13-/m1/s1. The molecule has 3 heteroatoms. The van der Waals surface area contributed by atoms with Gasteiger partial charge in [-0.15, -0.1) is 0 Å². The van der Waals surface area contributed by atoms with Crippen LogP contribution in [0.15, 0.2) is 0 Å². The van der Waals surface area contributed by atoms with E-state index in [1.807, 2.05) is 6.92 Å². The molecule has 0 bridgehead atoms. The minimum absolute atomic E-state index is 0.0133. The van der Waals surface area contributed by atoms with Gasteiger partial charge in [0.2, 0.25) is 0 Å². The minimum Gasteiger partial charge on any atom is -0.390 e. The Morgan fingerprint density at radius 2 is 2.06 bits per heavy atom. The van der Waals surface area contributed by atoms with E-state index in [2.05, 4.69) is 6.92 Å². The minimum atomic E-state index is -0.361. The number of aliphatic hydroxyl groups excluding tert-OH is 1. The number of hydrogen-bond acceptors (Lipinski definition) is 3. The molecule has 0 aromatic rings. The fourth-order valence-electron chi connectivity index (χ4n) is 2.87. The van der Waals surface area contributed by atoms with Gasteiger partial charge >= 0.3 is 0 Å². The van der Waals surface area contributed by atoms with Crippen molar-refractivity contribution >= 4 is 0 Å². The molecular formula is C13H24O3. The highest BCUT2D eigenvalue weighted by atomic mass is 16.7. The van der Waals surface area contributed by atoms with Gasteiger partial charge in [0.15, 0.2) is 5.79 Å². The predicted octanol–water partition coefficient (Wildman–Crippen LogP) is 2.61. The van der Waals surface area contributed by atoms with Gasteiger partial charge in [0.1, 0.15) is 0 Å². The highest BCUT2D eigenvalue weighted by Gasteiger charge is 2.45. The summed E-state index contributed by atoms with van der Waals surface area (Å²) in [6.07, 6.45) is 7.06. The summed E-state index contributed by atoms with van der Waals surface area (Å²) >= 11 is 0. The van der Waals surface area contributed by atoms with Gasteiger partial charge in [-0.2, -0.15) is 0 Å². The Bertz CT molecular complexity index is 231. The molecule has 0 aliphatic carbocycles. The second-order valence-electron chi connectivity index (χ2n) is 5.12. The lowest BCUT2D eigenvalue weighted by atomic mass is 9.97. The molecule has 0 aromatic carbocycles. The summed E-state index contributed by atoms with van der Waals surface area (Å²) in [7, 11) is 0. The maximum absolute atomic E-state index is 9.81. The normalized spacial score (nSPS) is 41.4. The van der Waals surface area contributed by atoms with E-state index in [-0.39, 0.29) is 18.0 Å². The smallest absolute Gasteiger partial charge is 0.169 e. The molecule has 2 aliphatic heterocycles. The van der Waals surface area contributed by atoms with Crippen molar-refractivity contribution in [2.75, 3.05) is 0 Å². The topological polar surface area (TPSA) is 38.7 Å². The molecule has 2 saturated heterocycles. The molecule has 0 unspecified atom stereocenters. The van der Waals surface area contributed by atoms with Crippen molar-refractivity contribution in [2.24, 2.45) is 0 Å². The monoisotopic (exact) mass is 228 g/mol. The number of ether oxygens (including phenoxy) is 2. The van der Waals surface area contributed by atoms with Crippen molar-refractivity contribution in [2.45, 2.75) is 82.9 Å². The van der Waals surface area contributed by atoms with Gasteiger partial charge in [-0.3, -0.25) is 0 Å². The first-order chi connectivity index (χ1) is 7.69. The van der Waals surface area contributed by atoms with Gasteiger partial charge in [-0.1, -0.05) is 13.8 Å². The molecule has 2 aliphatic rings. The number of hydrogen-bond donors (Lipinski definition) is 1. The number of aliphatic hydroxyl groups is 1. The van der Waals surface area contributed by atoms with Crippen LogP contribution in [0.25, 0.3) is 0 Å². The highest BCUT2D eigenvalue weighted by molar-refractivity contribution is 4.88. The summed E-state index contributed by atoms with van der Waals surface area (Å²) in [6, 6.07) is 0. The highest BCUT2D eigenvalue weighted by Crippen LogP contribution is 2.42. The fraction of sp³-hybridized carbons (Fsp3) is 1.00. The van der Waals surface area contributed by atoms with Gasteiger partial charge < -0.3 is 14.6 Å². The second kappa shape index (κ2) is 5.03. The first kappa shape index (κ1) is 12.3. The molecule has 2 heterocycles. The van der Waals surface area contributed by atoms with E-state index in [0.717, 1.165) is 38.5 Å². The molecule has 0 saturated carbocycles. The Labute approximate surface area is 98.1 Å². The first-order valence-electron chi connectivity index (χ1n) is 6.73. The molecule has 2 fully saturated rings. The lowest BCUT2D eigenvalue weighted by Gasteiger charge is -2.38. The van der Waals surface area contributed by atoms with E-state index in [1.165, 1.54) is 6.42 Å². The van der Waals surface area contributed by atoms with Gasteiger partial charge in [0.05, 0.1) is 18.3 Å². The van der Waals surface area contributed by atoms with E-state index in [0.29, 0.717) is 6.10 Å². The summed E-state index contributed by atoms with van der Waals surface area (Å²) in [4.78, 5) is 0. The van der Waals surface area contributed by atoms with Crippen molar-refractivity contribution in [3.63, 3.8) is 0 Å². The molecule has 1 N–H and O–H groups in total. The molecule has 94 valence electrons. The van der Waals surface area contributed by atoms with Gasteiger partial charge in [-0.05, 0) is 32.1 Å². The van der Waals surface area contributed by atoms with Crippen molar-refractivity contribution < 1.29 is 14.6 Å². The van der Waals surface area contributed by atoms with E-state index < -0.39 is 0 Å². The molecule has 0 amide bonds. The largest absolute Gasteiger partial charge is 0.390 e. The molecule has 16 heavy (non-hydrogen) atoms. The van der Waals surface area contributed by atoms with Crippen LogP contribution in [-0.2, 0) is 9.47 Å². The Hall–Kier alpha value is -0.120. The van der Waals surface area contributed by atoms with E-state index >= 15 is 0 Å².